The number of carbonyl (C=O) groups excluding carboxylic acids is 2. The van der Waals surface area contributed by atoms with Crippen molar-refractivity contribution >= 4 is 39.4 Å². The monoisotopic (exact) mass is 688 g/mol. The van der Waals surface area contributed by atoms with Crippen molar-refractivity contribution < 1.29 is 41.4 Å². The Morgan fingerprint density at radius 2 is 1.62 bits per heavy atom. The van der Waals surface area contributed by atoms with Crippen LogP contribution in [-0.4, -0.2) is 80.7 Å². The Labute approximate surface area is 279 Å². The number of hydrogen-bond acceptors (Lipinski definition) is 12. The average Bonchev–Trinajstić information content (AvgIpc) is 2.96. The third kappa shape index (κ3) is 9.90. The third-order valence-corrected chi connectivity index (χ3v) is 7.43. The van der Waals surface area contributed by atoms with Gasteiger partial charge in [-0.15, -0.1) is 5.06 Å². The number of aromatic nitrogens is 2. The van der Waals surface area contributed by atoms with Gasteiger partial charge in [-0.1, -0.05) is 20.8 Å². The SMILES string of the molecule is COc1c(NC(=O)c2ccc(F)c(Oc3ccnc(N4CCN(OC(=O)OC(C)(C)C)CC4)n3)c2)cc(C(C)(C)C)cc1NS(C)(=O)=O. The van der Waals surface area contributed by atoms with Gasteiger partial charge in [0.1, 0.15) is 5.60 Å². The summed E-state index contributed by atoms with van der Waals surface area (Å²) in [6.45, 7) is 12.7. The van der Waals surface area contributed by atoms with Gasteiger partial charge in [-0.25, -0.2) is 22.6 Å². The Bertz CT molecular complexity index is 1770. The van der Waals surface area contributed by atoms with Crippen molar-refractivity contribution in [1.82, 2.24) is 15.0 Å². The fraction of sp³-hybridized carbons (Fsp3) is 0.438. The van der Waals surface area contributed by atoms with Crippen LogP contribution in [0.25, 0.3) is 0 Å². The largest absolute Gasteiger partial charge is 0.528 e. The summed E-state index contributed by atoms with van der Waals surface area (Å²) >= 11 is 0. The minimum atomic E-state index is -3.67. The highest BCUT2D eigenvalue weighted by Crippen LogP contribution is 2.39. The van der Waals surface area contributed by atoms with Gasteiger partial charge in [0.25, 0.3) is 5.91 Å². The van der Waals surface area contributed by atoms with E-state index < -0.39 is 38.9 Å². The lowest BCUT2D eigenvalue weighted by Crippen LogP contribution is -2.48. The standard InChI is InChI=1S/C32H41FN6O8S/c1-31(2,3)21-18-23(27(44-7)24(19-21)37-48(8,42)43)35-28(40)20-9-10-22(33)25(17-20)45-26-11-12-34-29(36-26)38-13-15-39(16-14-38)47-30(41)46-32(4,5)6/h9-12,17-19,37H,13-16H2,1-8H3,(H,35,40). The minimum Gasteiger partial charge on any atom is -0.492 e. The van der Waals surface area contributed by atoms with Crippen LogP contribution in [-0.2, 0) is 25.0 Å². The van der Waals surface area contributed by atoms with Crippen LogP contribution in [0.1, 0.15) is 57.5 Å². The molecule has 260 valence electrons. The third-order valence-electron chi connectivity index (χ3n) is 6.84. The molecule has 0 atom stereocenters. The van der Waals surface area contributed by atoms with Gasteiger partial charge >= 0.3 is 6.16 Å². The molecule has 1 aliphatic heterocycles. The summed E-state index contributed by atoms with van der Waals surface area (Å²) in [5.74, 6) is -1.14. The van der Waals surface area contributed by atoms with E-state index in [2.05, 4.69) is 20.0 Å². The van der Waals surface area contributed by atoms with Crippen LogP contribution >= 0.6 is 0 Å². The maximum absolute atomic E-state index is 14.9. The maximum Gasteiger partial charge on any atom is 0.528 e. The Morgan fingerprint density at radius 1 is 0.958 bits per heavy atom. The van der Waals surface area contributed by atoms with Crippen molar-refractivity contribution in [2.45, 2.75) is 52.6 Å². The molecule has 4 rings (SSSR count). The number of hydrogen-bond donors (Lipinski definition) is 2. The highest BCUT2D eigenvalue weighted by Gasteiger charge is 2.26. The van der Waals surface area contributed by atoms with Crippen LogP contribution in [0.4, 0.5) is 26.5 Å². The van der Waals surface area contributed by atoms with E-state index in [1.807, 2.05) is 25.7 Å². The number of rotatable bonds is 9. The van der Waals surface area contributed by atoms with E-state index in [-0.39, 0.29) is 34.3 Å². The summed E-state index contributed by atoms with van der Waals surface area (Å²) in [5.41, 5.74) is 0.0682. The summed E-state index contributed by atoms with van der Waals surface area (Å²) < 4.78 is 57.9. The lowest BCUT2D eigenvalue weighted by Gasteiger charge is -2.33. The number of piperazine rings is 1. The molecule has 1 fully saturated rings. The van der Waals surface area contributed by atoms with E-state index in [0.29, 0.717) is 32.1 Å². The Morgan fingerprint density at radius 3 is 2.23 bits per heavy atom. The fourth-order valence-electron chi connectivity index (χ4n) is 4.58. The molecule has 0 saturated carbocycles. The smallest absolute Gasteiger partial charge is 0.492 e. The lowest BCUT2D eigenvalue weighted by atomic mass is 9.86. The van der Waals surface area contributed by atoms with E-state index >= 15 is 0 Å². The minimum absolute atomic E-state index is 0.0416. The first kappa shape index (κ1) is 36.1. The van der Waals surface area contributed by atoms with Gasteiger partial charge in [-0.3, -0.25) is 9.52 Å². The second-order valence-electron chi connectivity index (χ2n) is 13.1. The molecule has 14 nitrogen and oxygen atoms in total. The Balaban J connectivity index is 1.49. The van der Waals surface area contributed by atoms with Crippen molar-refractivity contribution in [2.75, 3.05) is 54.5 Å². The van der Waals surface area contributed by atoms with Gasteiger partial charge in [-0.05, 0) is 62.1 Å². The molecule has 0 radical (unpaired) electrons. The van der Waals surface area contributed by atoms with Crippen LogP contribution in [0.3, 0.4) is 0 Å². The van der Waals surface area contributed by atoms with E-state index in [0.717, 1.165) is 17.9 Å². The van der Waals surface area contributed by atoms with Gasteiger partial charge < -0.3 is 29.3 Å². The first-order chi connectivity index (χ1) is 22.3. The molecular weight excluding hydrogens is 647 g/mol. The van der Waals surface area contributed by atoms with Crippen molar-refractivity contribution in [3.05, 3.63) is 59.5 Å². The first-order valence-corrected chi connectivity index (χ1v) is 16.9. The molecule has 1 aliphatic rings. The van der Waals surface area contributed by atoms with Crippen molar-refractivity contribution in [3.63, 3.8) is 0 Å². The van der Waals surface area contributed by atoms with Gasteiger partial charge in [-0.2, -0.15) is 4.98 Å². The highest BCUT2D eigenvalue weighted by atomic mass is 32.2. The van der Waals surface area contributed by atoms with Crippen LogP contribution in [0, 0.1) is 5.82 Å². The predicted molar refractivity (Wildman–Crippen MR) is 178 cm³/mol. The highest BCUT2D eigenvalue weighted by molar-refractivity contribution is 7.92. The molecule has 48 heavy (non-hydrogen) atoms. The van der Waals surface area contributed by atoms with E-state index in [4.69, 9.17) is 19.0 Å². The quantitative estimate of drug-likeness (QED) is 0.279. The Kier molecular flexibility index (Phi) is 10.7. The number of anilines is 3. The number of nitrogens with zero attached hydrogens (tertiary/aromatic N) is 4. The summed E-state index contributed by atoms with van der Waals surface area (Å²) in [4.78, 5) is 41.2. The van der Waals surface area contributed by atoms with Crippen molar-refractivity contribution in [3.8, 4) is 17.4 Å². The molecule has 0 spiro atoms. The van der Waals surface area contributed by atoms with Gasteiger partial charge in [0.2, 0.25) is 21.9 Å². The number of benzene rings is 2. The Hall–Kier alpha value is -4.70. The van der Waals surface area contributed by atoms with Crippen LogP contribution < -0.4 is 24.4 Å². The number of amides is 1. The van der Waals surface area contributed by atoms with Crippen LogP contribution in [0.5, 0.6) is 17.4 Å². The molecule has 2 heterocycles. The number of halogens is 1. The number of sulfonamides is 1. The topological polar surface area (TPSA) is 162 Å². The number of nitrogens with one attached hydrogen (secondary N) is 2. The zero-order chi connectivity index (χ0) is 35.4. The molecular formula is C32H41FN6O8S. The number of methoxy groups -OCH3 is 1. The van der Waals surface area contributed by atoms with Crippen LogP contribution in [0.15, 0.2) is 42.6 Å². The van der Waals surface area contributed by atoms with E-state index in [1.165, 1.54) is 36.6 Å². The normalized spacial score (nSPS) is 14.2. The van der Waals surface area contributed by atoms with E-state index in [9.17, 15) is 22.4 Å². The molecule has 2 N–H and O–H groups in total. The van der Waals surface area contributed by atoms with E-state index in [1.54, 1.807) is 32.9 Å². The van der Waals surface area contributed by atoms with Gasteiger partial charge in [0.05, 0.1) is 37.8 Å². The average molecular weight is 689 g/mol. The number of ether oxygens (including phenoxy) is 3. The summed E-state index contributed by atoms with van der Waals surface area (Å²) in [6.07, 6.45) is 1.69. The molecule has 1 amide bonds. The van der Waals surface area contributed by atoms with Crippen molar-refractivity contribution in [2.24, 2.45) is 0 Å². The van der Waals surface area contributed by atoms with Crippen LogP contribution in [0.2, 0.25) is 0 Å². The predicted octanol–water partition coefficient (Wildman–Crippen LogP) is 5.33. The molecule has 0 aliphatic carbocycles. The first-order valence-electron chi connectivity index (χ1n) is 15.0. The second-order valence-corrected chi connectivity index (χ2v) is 14.8. The van der Waals surface area contributed by atoms with Crippen molar-refractivity contribution in [1.29, 1.82) is 0 Å². The van der Waals surface area contributed by atoms with Gasteiger partial charge in [0.15, 0.2) is 17.3 Å². The lowest BCUT2D eigenvalue weighted by molar-refractivity contribution is -0.144. The zero-order valence-electron chi connectivity index (χ0n) is 28.2. The molecule has 1 saturated heterocycles. The number of hydroxylamine groups is 2. The molecule has 2 aromatic carbocycles. The summed E-state index contributed by atoms with van der Waals surface area (Å²) in [7, 11) is -2.32. The van der Waals surface area contributed by atoms with Gasteiger partial charge in [0, 0.05) is 30.9 Å². The fourth-order valence-corrected chi connectivity index (χ4v) is 5.13. The molecule has 0 unspecified atom stereocenters. The maximum atomic E-state index is 14.9. The second kappa shape index (κ2) is 14.2. The molecule has 0 bridgehead atoms. The molecule has 3 aromatic rings. The summed E-state index contributed by atoms with van der Waals surface area (Å²) in [5, 5.41) is 4.25. The molecule has 16 heteroatoms. The molecule has 1 aromatic heterocycles. The number of carbonyl (C=O) groups is 2. The summed E-state index contributed by atoms with van der Waals surface area (Å²) in [6, 6.07) is 8.41. The zero-order valence-corrected chi connectivity index (χ0v) is 29.0.